The maximum Gasteiger partial charge on any atom is 0.246 e. The number of hydrogen-bond donors (Lipinski definition) is 1. The van der Waals surface area contributed by atoms with E-state index in [1.807, 2.05) is 14.0 Å². The molecule has 0 radical (unpaired) electrons. The fourth-order valence-electron chi connectivity index (χ4n) is 4.41. The van der Waals surface area contributed by atoms with Crippen molar-refractivity contribution in [2.24, 2.45) is 5.92 Å². The third-order valence-electron chi connectivity index (χ3n) is 5.49. The summed E-state index contributed by atoms with van der Waals surface area (Å²) in [5.74, 6) is 0.0317. The number of amides is 1. The molecule has 2 aliphatic rings. The molecule has 1 amide bonds. The molecule has 0 aliphatic carbocycles. The van der Waals surface area contributed by atoms with Crippen LogP contribution >= 0.6 is 0 Å². The highest BCUT2D eigenvalue weighted by atomic mass is 32.2. The van der Waals surface area contributed by atoms with Crippen molar-refractivity contribution in [1.29, 1.82) is 0 Å². The number of likely N-dealkylation sites (N-methyl/N-ethyl adjacent to an activating group) is 1. The lowest BCUT2D eigenvalue weighted by Crippen LogP contribution is -2.61. The normalized spacial score (nSPS) is 27.5. The molecule has 0 bridgehead atoms. The van der Waals surface area contributed by atoms with Crippen molar-refractivity contribution < 1.29 is 13.2 Å². The molecule has 0 spiro atoms. The lowest BCUT2D eigenvalue weighted by Gasteiger charge is -2.43. The van der Waals surface area contributed by atoms with E-state index in [4.69, 9.17) is 0 Å². The van der Waals surface area contributed by atoms with Gasteiger partial charge in [0.1, 0.15) is 4.90 Å². The zero-order valence-corrected chi connectivity index (χ0v) is 16.8. The number of carbonyl (C=O) groups is 1. The van der Waals surface area contributed by atoms with Crippen LogP contribution in [0.2, 0.25) is 0 Å². The van der Waals surface area contributed by atoms with Crippen LogP contribution in [0, 0.1) is 12.8 Å². The Morgan fingerprint density at radius 1 is 1.42 bits per heavy atom. The molecule has 8 nitrogen and oxygen atoms in total. The topological polar surface area (TPSA) is 87.5 Å². The summed E-state index contributed by atoms with van der Waals surface area (Å²) in [6.07, 6.45) is 3.17. The summed E-state index contributed by atoms with van der Waals surface area (Å²) in [5.41, 5.74) is 0.217. The maximum atomic E-state index is 13.2. The molecule has 3 rings (SSSR count). The Kier molecular flexibility index (Phi) is 5.15. The Morgan fingerprint density at radius 3 is 2.81 bits per heavy atom. The SMILES string of the molecule is CCCn1cc(S(=O)(=O)N2CC[C@@]3(NC(C)=O)CN(C)C[C@H]3C2)c(C)n1. The number of piperidine rings is 1. The number of fused-ring (bicyclic) bond motifs is 1. The highest BCUT2D eigenvalue weighted by molar-refractivity contribution is 7.89. The predicted octanol–water partition coefficient (Wildman–Crippen LogP) is 0.432. The molecule has 3 heterocycles. The van der Waals surface area contributed by atoms with Gasteiger partial charge in [-0.05, 0) is 26.8 Å². The first-order valence-electron chi connectivity index (χ1n) is 9.19. The van der Waals surface area contributed by atoms with Gasteiger partial charge in [-0.2, -0.15) is 9.40 Å². The molecule has 9 heteroatoms. The zero-order valence-electron chi connectivity index (χ0n) is 16.0. The Balaban J connectivity index is 1.84. The van der Waals surface area contributed by atoms with Gasteiger partial charge in [0, 0.05) is 51.8 Å². The molecule has 0 unspecified atom stereocenters. The summed E-state index contributed by atoms with van der Waals surface area (Å²) in [4.78, 5) is 14.2. The zero-order chi connectivity index (χ0) is 19.1. The number of aromatic nitrogens is 2. The fourth-order valence-corrected chi connectivity index (χ4v) is 6.07. The standard InChI is InChI=1S/C17H29N5O3S/c1-5-7-21-11-16(13(2)19-21)26(24,25)22-8-6-17(18-14(3)23)12-20(4)9-15(17)10-22/h11,15H,5-10,12H2,1-4H3,(H,18,23)/t15-,17+/m0/s1. The van der Waals surface area contributed by atoms with Crippen molar-refractivity contribution in [3.8, 4) is 0 Å². The van der Waals surface area contributed by atoms with Gasteiger partial charge in [0.05, 0.1) is 11.2 Å². The second-order valence-electron chi connectivity index (χ2n) is 7.69. The van der Waals surface area contributed by atoms with Crippen LogP contribution in [0.15, 0.2) is 11.1 Å². The highest BCUT2D eigenvalue weighted by Crippen LogP contribution is 2.37. The third kappa shape index (κ3) is 3.39. The van der Waals surface area contributed by atoms with Gasteiger partial charge in [-0.15, -0.1) is 0 Å². The molecule has 26 heavy (non-hydrogen) atoms. The quantitative estimate of drug-likeness (QED) is 0.797. The smallest absolute Gasteiger partial charge is 0.246 e. The third-order valence-corrected chi connectivity index (χ3v) is 7.46. The molecule has 1 aromatic rings. The molecule has 2 aliphatic heterocycles. The van der Waals surface area contributed by atoms with Gasteiger partial charge in [-0.1, -0.05) is 6.92 Å². The van der Waals surface area contributed by atoms with E-state index in [-0.39, 0.29) is 17.4 Å². The van der Waals surface area contributed by atoms with E-state index in [1.165, 1.54) is 6.92 Å². The Bertz CT molecular complexity index is 790. The van der Waals surface area contributed by atoms with E-state index in [1.54, 1.807) is 22.1 Å². The highest BCUT2D eigenvalue weighted by Gasteiger charge is 2.51. The average molecular weight is 384 g/mol. The van der Waals surface area contributed by atoms with Gasteiger partial charge in [-0.25, -0.2) is 8.42 Å². The minimum absolute atomic E-state index is 0.0571. The van der Waals surface area contributed by atoms with Crippen molar-refractivity contribution in [1.82, 2.24) is 24.3 Å². The van der Waals surface area contributed by atoms with E-state index >= 15 is 0 Å². The van der Waals surface area contributed by atoms with Gasteiger partial charge in [-0.3, -0.25) is 9.48 Å². The van der Waals surface area contributed by atoms with Crippen LogP contribution in [0.1, 0.15) is 32.4 Å². The van der Waals surface area contributed by atoms with Gasteiger partial charge in [0.15, 0.2) is 0 Å². The molecule has 2 fully saturated rings. The predicted molar refractivity (Wildman–Crippen MR) is 98.2 cm³/mol. The molecule has 2 atom stereocenters. The molecular weight excluding hydrogens is 354 g/mol. The summed E-state index contributed by atoms with van der Waals surface area (Å²) in [7, 11) is -1.57. The molecule has 0 aromatic carbocycles. The van der Waals surface area contributed by atoms with E-state index in [0.29, 0.717) is 36.6 Å². The largest absolute Gasteiger partial charge is 0.349 e. The maximum absolute atomic E-state index is 13.2. The van der Waals surface area contributed by atoms with Crippen LogP contribution in [0.3, 0.4) is 0 Å². The van der Waals surface area contributed by atoms with Crippen molar-refractivity contribution in [3.63, 3.8) is 0 Å². The van der Waals surface area contributed by atoms with Gasteiger partial charge in [0.25, 0.3) is 0 Å². The summed E-state index contributed by atoms with van der Waals surface area (Å²) >= 11 is 0. The fraction of sp³-hybridized carbons (Fsp3) is 0.765. The molecule has 2 saturated heterocycles. The summed E-state index contributed by atoms with van der Waals surface area (Å²) in [5, 5.41) is 7.45. The summed E-state index contributed by atoms with van der Waals surface area (Å²) in [6.45, 7) is 8.38. The Hall–Kier alpha value is -1.45. The van der Waals surface area contributed by atoms with E-state index < -0.39 is 10.0 Å². The van der Waals surface area contributed by atoms with Crippen LogP contribution in [-0.2, 0) is 21.4 Å². The minimum Gasteiger partial charge on any atom is -0.349 e. The first-order valence-corrected chi connectivity index (χ1v) is 10.6. The van der Waals surface area contributed by atoms with Crippen LogP contribution < -0.4 is 5.32 Å². The molecule has 0 saturated carbocycles. The second-order valence-corrected chi connectivity index (χ2v) is 9.59. The van der Waals surface area contributed by atoms with Crippen LogP contribution in [0.4, 0.5) is 0 Å². The van der Waals surface area contributed by atoms with Crippen molar-refractivity contribution in [3.05, 3.63) is 11.9 Å². The van der Waals surface area contributed by atoms with E-state index in [0.717, 1.165) is 19.5 Å². The number of likely N-dealkylation sites (tertiary alicyclic amines) is 1. The number of nitrogens with one attached hydrogen (secondary N) is 1. The lowest BCUT2D eigenvalue weighted by molar-refractivity contribution is -0.121. The van der Waals surface area contributed by atoms with E-state index in [2.05, 4.69) is 15.3 Å². The van der Waals surface area contributed by atoms with Crippen molar-refractivity contribution in [2.45, 2.75) is 50.6 Å². The summed E-state index contributed by atoms with van der Waals surface area (Å²) < 4.78 is 29.7. The molecular formula is C17H29N5O3S. The van der Waals surface area contributed by atoms with Gasteiger partial charge < -0.3 is 10.2 Å². The lowest BCUT2D eigenvalue weighted by atomic mass is 9.81. The van der Waals surface area contributed by atoms with Crippen molar-refractivity contribution in [2.75, 3.05) is 33.2 Å². The molecule has 1 N–H and O–H groups in total. The Morgan fingerprint density at radius 2 is 2.15 bits per heavy atom. The van der Waals surface area contributed by atoms with Crippen LogP contribution in [0.5, 0.6) is 0 Å². The number of aryl methyl sites for hydroxylation is 2. The Labute approximate surface area is 155 Å². The van der Waals surface area contributed by atoms with Gasteiger partial charge >= 0.3 is 0 Å². The monoisotopic (exact) mass is 383 g/mol. The first kappa shape index (κ1) is 19.3. The summed E-state index contributed by atoms with van der Waals surface area (Å²) in [6, 6.07) is 0. The average Bonchev–Trinajstić information content (AvgIpc) is 3.05. The number of carbonyl (C=O) groups excluding carboxylic acids is 1. The van der Waals surface area contributed by atoms with Gasteiger partial charge in [0.2, 0.25) is 15.9 Å². The number of hydrogen-bond acceptors (Lipinski definition) is 5. The first-order chi connectivity index (χ1) is 12.2. The number of nitrogens with zero attached hydrogens (tertiary/aromatic N) is 4. The molecule has 1 aromatic heterocycles. The van der Waals surface area contributed by atoms with E-state index in [9.17, 15) is 13.2 Å². The number of rotatable bonds is 5. The minimum atomic E-state index is -3.58. The second kappa shape index (κ2) is 6.94. The molecule has 146 valence electrons. The van der Waals surface area contributed by atoms with Crippen molar-refractivity contribution >= 4 is 15.9 Å². The van der Waals surface area contributed by atoms with Crippen LogP contribution in [0.25, 0.3) is 0 Å². The van der Waals surface area contributed by atoms with Crippen LogP contribution in [-0.4, -0.2) is 72.1 Å². The number of sulfonamides is 1.